The third kappa shape index (κ3) is 6.34. The number of carbonyl (C=O) groups is 1. The van der Waals surface area contributed by atoms with Crippen LogP contribution in [0.15, 0.2) is 36.5 Å². The Bertz CT molecular complexity index is 1050. The molecule has 1 N–H and O–H groups in total. The molecule has 0 fully saturated rings. The fourth-order valence-electron chi connectivity index (χ4n) is 3.97. The number of aromatic nitrogens is 1. The number of fused-ring (bicyclic) bond motifs is 1. The summed E-state index contributed by atoms with van der Waals surface area (Å²) in [5.74, 6) is 5.90. The topological polar surface area (TPSA) is 65.9 Å². The van der Waals surface area contributed by atoms with E-state index in [0.717, 1.165) is 12.8 Å². The zero-order valence-corrected chi connectivity index (χ0v) is 20.4. The van der Waals surface area contributed by atoms with Crippen molar-refractivity contribution in [1.29, 1.82) is 0 Å². The number of amides is 1. The molecule has 1 aromatic carbocycles. The number of halogens is 1. The minimum atomic E-state index is -0.354. The number of likely N-dealkylation sites (N-methyl/N-ethyl adjacent to an activating group) is 1. The van der Waals surface area contributed by atoms with Gasteiger partial charge in [-0.25, -0.2) is 9.37 Å². The average molecular weight is 468 g/mol. The van der Waals surface area contributed by atoms with Crippen LogP contribution in [0.1, 0.15) is 55.1 Å². The molecule has 3 rings (SSSR count). The van der Waals surface area contributed by atoms with E-state index in [1.807, 2.05) is 31.9 Å². The molecule has 1 amide bonds. The van der Waals surface area contributed by atoms with Gasteiger partial charge in [-0.15, -0.1) is 0 Å². The third-order valence-electron chi connectivity index (χ3n) is 6.02. The van der Waals surface area contributed by atoms with Crippen molar-refractivity contribution in [1.82, 2.24) is 14.8 Å². The number of unbranched alkanes of at least 4 members (excludes halogenated alkanes) is 1. The predicted molar refractivity (Wildman–Crippen MR) is 130 cm³/mol. The second kappa shape index (κ2) is 12.0. The average Bonchev–Trinajstić information content (AvgIpc) is 2.82. The molecule has 1 aromatic heterocycles. The van der Waals surface area contributed by atoms with Gasteiger partial charge < -0.3 is 14.7 Å². The molecule has 3 atom stereocenters. The quantitative estimate of drug-likeness (QED) is 0.629. The summed E-state index contributed by atoms with van der Waals surface area (Å²) in [5.41, 5.74) is 1.61. The van der Waals surface area contributed by atoms with Crippen molar-refractivity contribution in [3.05, 3.63) is 59.0 Å². The molecule has 2 heterocycles. The summed E-state index contributed by atoms with van der Waals surface area (Å²) in [7, 11) is 1.92. The maximum absolute atomic E-state index is 14.1. The smallest absolute Gasteiger partial charge is 0.259 e. The number of aliphatic hydroxyl groups is 1. The van der Waals surface area contributed by atoms with Gasteiger partial charge in [0.2, 0.25) is 5.88 Å². The van der Waals surface area contributed by atoms with Crippen molar-refractivity contribution in [3.8, 4) is 17.7 Å². The molecule has 0 aliphatic carbocycles. The normalized spacial score (nSPS) is 18.9. The van der Waals surface area contributed by atoms with E-state index in [0.29, 0.717) is 36.3 Å². The summed E-state index contributed by atoms with van der Waals surface area (Å²) in [6, 6.07) is 8.10. The molecule has 0 unspecified atom stereocenters. The van der Waals surface area contributed by atoms with Crippen LogP contribution in [-0.2, 0) is 6.54 Å². The van der Waals surface area contributed by atoms with Crippen LogP contribution in [0, 0.1) is 23.6 Å². The van der Waals surface area contributed by atoms with E-state index in [-0.39, 0.29) is 42.3 Å². The number of ether oxygens (including phenoxy) is 1. The molecule has 34 heavy (non-hydrogen) atoms. The maximum atomic E-state index is 14.1. The van der Waals surface area contributed by atoms with Crippen LogP contribution in [0.2, 0.25) is 0 Å². The summed E-state index contributed by atoms with van der Waals surface area (Å²) in [6.45, 7) is 7.13. The monoisotopic (exact) mass is 467 g/mol. The maximum Gasteiger partial charge on any atom is 0.259 e. The van der Waals surface area contributed by atoms with E-state index in [4.69, 9.17) is 4.74 Å². The van der Waals surface area contributed by atoms with Gasteiger partial charge in [0.05, 0.1) is 12.6 Å². The number of hydrogen-bond acceptors (Lipinski definition) is 5. The zero-order valence-electron chi connectivity index (χ0n) is 20.4. The van der Waals surface area contributed by atoms with E-state index >= 15 is 0 Å². The Hall–Kier alpha value is -2.95. The van der Waals surface area contributed by atoms with Gasteiger partial charge in [-0.2, -0.15) is 0 Å². The minimum absolute atomic E-state index is 0.0417. The van der Waals surface area contributed by atoms with Gasteiger partial charge in [0.15, 0.2) is 0 Å². The lowest BCUT2D eigenvalue weighted by Crippen LogP contribution is -2.49. The molecule has 1 aliphatic rings. The lowest BCUT2D eigenvalue weighted by atomic mass is 9.99. The van der Waals surface area contributed by atoms with Crippen molar-refractivity contribution in [3.63, 3.8) is 0 Å². The van der Waals surface area contributed by atoms with E-state index < -0.39 is 0 Å². The van der Waals surface area contributed by atoms with Crippen molar-refractivity contribution in [2.75, 3.05) is 26.7 Å². The fourth-order valence-corrected chi connectivity index (χ4v) is 3.97. The molecule has 1 aliphatic heterocycles. The number of pyridine rings is 1. The fraction of sp³-hybridized carbons (Fsp3) is 0.481. The Morgan fingerprint density at radius 3 is 2.85 bits per heavy atom. The van der Waals surface area contributed by atoms with E-state index in [1.54, 1.807) is 29.3 Å². The number of benzene rings is 1. The first-order valence-electron chi connectivity index (χ1n) is 11.8. The summed E-state index contributed by atoms with van der Waals surface area (Å²) in [6.07, 6.45) is 3.06. The molecule has 6 nitrogen and oxygen atoms in total. The summed E-state index contributed by atoms with van der Waals surface area (Å²) in [4.78, 5) is 21.6. The first kappa shape index (κ1) is 25.7. The molecule has 0 spiro atoms. The highest BCUT2D eigenvalue weighted by molar-refractivity contribution is 5.97. The van der Waals surface area contributed by atoms with E-state index in [1.165, 1.54) is 6.07 Å². The molecular weight excluding hydrogens is 433 g/mol. The van der Waals surface area contributed by atoms with Gasteiger partial charge in [-0.3, -0.25) is 9.69 Å². The largest absolute Gasteiger partial charge is 0.472 e. The molecule has 182 valence electrons. The first-order chi connectivity index (χ1) is 16.3. The molecule has 0 radical (unpaired) electrons. The lowest BCUT2D eigenvalue weighted by molar-refractivity contribution is 0.0324. The van der Waals surface area contributed by atoms with Crippen LogP contribution in [0.4, 0.5) is 4.39 Å². The predicted octanol–water partition coefficient (Wildman–Crippen LogP) is 3.72. The van der Waals surface area contributed by atoms with Crippen molar-refractivity contribution < 1.29 is 19.0 Å². The number of carbonyl (C=O) groups excluding carboxylic acids is 1. The van der Waals surface area contributed by atoms with E-state index in [9.17, 15) is 14.3 Å². The van der Waals surface area contributed by atoms with Crippen LogP contribution in [0.5, 0.6) is 5.88 Å². The number of aliphatic hydroxyl groups excluding tert-OH is 1. The second-order valence-corrected chi connectivity index (χ2v) is 9.04. The molecule has 0 saturated carbocycles. The van der Waals surface area contributed by atoms with Crippen LogP contribution in [0.25, 0.3) is 0 Å². The van der Waals surface area contributed by atoms with Crippen LogP contribution >= 0.6 is 0 Å². The van der Waals surface area contributed by atoms with E-state index in [2.05, 4.69) is 23.7 Å². The molecular formula is C27H34FN3O3. The SMILES string of the molecule is CCCC#Cc1cnc2c(c1)C(=O)N([C@@H](C)CO)C[C@H](C)[C@H](CN(C)Cc1ccccc1F)O2. The number of hydrogen-bond donors (Lipinski definition) is 1. The van der Waals surface area contributed by atoms with Crippen LogP contribution < -0.4 is 4.74 Å². The molecule has 0 bridgehead atoms. The van der Waals surface area contributed by atoms with Gasteiger partial charge in [0.1, 0.15) is 17.5 Å². The molecule has 7 heteroatoms. The summed E-state index contributed by atoms with van der Waals surface area (Å²) < 4.78 is 20.4. The minimum Gasteiger partial charge on any atom is -0.472 e. The Morgan fingerprint density at radius 2 is 2.15 bits per heavy atom. The van der Waals surface area contributed by atoms with Crippen LogP contribution in [0.3, 0.4) is 0 Å². The first-order valence-corrected chi connectivity index (χ1v) is 11.8. The summed E-state index contributed by atoms with van der Waals surface area (Å²) >= 11 is 0. The second-order valence-electron chi connectivity index (χ2n) is 9.04. The Labute approximate surface area is 201 Å². The lowest BCUT2D eigenvalue weighted by Gasteiger charge is -2.37. The highest BCUT2D eigenvalue weighted by Gasteiger charge is 2.34. The Kier molecular flexibility index (Phi) is 9.03. The third-order valence-corrected chi connectivity index (χ3v) is 6.02. The van der Waals surface area contributed by atoms with Gasteiger partial charge in [-0.1, -0.05) is 43.9 Å². The van der Waals surface area contributed by atoms with Crippen molar-refractivity contribution >= 4 is 5.91 Å². The number of rotatable bonds is 7. The molecule has 2 aromatic rings. The van der Waals surface area contributed by atoms with Crippen molar-refractivity contribution in [2.24, 2.45) is 5.92 Å². The van der Waals surface area contributed by atoms with Crippen LogP contribution in [-0.4, -0.2) is 64.7 Å². The Balaban J connectivity index is 1.90. The number of nitrogens with zero attached hydrogens (tertiary/aromatic N) is 3. The highest BCUT2D eigenvalue weighted by atomic mass is 19.1. The van der Waals surface area contributed by atoms with Gasteiger partial charge >= 0.3 is 0 Å². The van der Waals surface area contributed by atoms with Gasteiger partial charge in [0, 0.05) is 49.3 Å². The highest BCUT2D eigenvalue weighted by Crippen LogP contribution is 2.27. The Morgan fingerprint density at radius 1 is 1.38 bits per heavy atom. The van der Waals surface area contributed by atoms with Gasteiger partial charge in [0.25, 0.3) is 5.91 Å². The zero-order chi connectivity index (χ0) is 24.7. The molecule has 0 saturated heterocycles. The van der Waals surface area contributed by atoms with Gasteiger partial charge in [-0.05, 0) is 32.5 Å². The standard InChI is InChI=1S/C27H34FN3O3/c1-5-6-7-10-21-13-23-26(29-14-21)34-25(19(2)15-31(27(23)33)20(3)18-32)17-30(4)16-22-11-8-9-12-24(22)28/h8-9,11-14,19-20,25,32H,5-6,15-18H2,1-4H3/t19-,20-,25-/m0/s1. The van der Waals surface area contributed by atoms with Crippen molar-refractivity contribution in [2.45, 2.75) is 52.3 Å². The summed E-state index contributed by atoms with van der Waals surface area (Å²) in [5, 5.41) is 9.79.